The predicted molar refractivity (Wildman–Crippen MR) is 78.0 cm³/mol. The second-order valence-electron chi connectivity index (χ2n) is 5.22. The van der Waals surface area contributed by atoms with Gasteiger partial charge in [0.05, 0.1) is 13.2 Å². The summed E-state index contributed by atoms with van der Waals surface area (Å²) >= 11 is 3.32. The first-order valence-corrected chi connectivity index (χ1v) is 7.06. The van der Waals surface area contributed by atoms with Crippen molar-refractivity contribution in [3.63, 3.8) is 0 Å². The van der Waals surface area contributed by atoms with Crippen LogP contribution in [0.15, 0.2) is 22.7 Å². The number of alkyl carbamates (subject to hydrolysis) is 1. The highest BCUT2D eigenvalue weighted by molar-refractivity contribution is 9.10. The second kappa shape index (κ2) is 7.59. The SMILES string of the molecule is CC(C)(C)OC(=O)NCCOCc1cc(F)ccc1Br. The summed E-state index contributed by atoms with van der Waals surface area (Å²) in [7, 11) is 0. The van der Waals surface area contributed by atoms with Gasteiger partial charge in [0.2, 0.25) is 0 Å². The molecule has 1 N–H and O–H groups in total. The van der Waals surface area contributed by atoms with E-state index < -0.39 is 11.7 Å². The smallest absolute Gasteiger partial charge is 0.407 e. The molecule has 1 aromatic rings. The molecule has 0 aliphatic heterocycles. The highest BCUT2D eigenvalue weighted by Gasteiger charge is 2.15. The topological polar surface area (TPSA) is 47.6 Å². The fourth-order valence-corrected chi connectivity index (χ4v) is 1.74. The van der Waals surface area contributed by atoms with Gasteiger partial charge in [0.15, 0.2) is 0 Å². The maximum Gasteiger partial charge on any atom is 0.407 e. The van der Waals surface area contributed by atoms with E-state index in [1.807, 2.05) is 0 Å². The van der Waals surface area contributed by atoms with Crippen molar-refractivity contribution in [1.29, 1.82) is 0 Å². The molecule has 0 saturated heterocycles. The van der Waals surface area contributed by atoms with E-state index in [1.165, 1.54) is 12.1 Å². The summed E-state index contributed by atoms with van der Waals surface area (Å²) in [4.78, 5) is 11.3. The first kappa shape index (κ1) is 16.9. The van der Waals surface area contributed by atoms with Crippen molar-refractivity contribution >= 4 is 22.0 Å². The van der Waals surface area contributed by atoms with Crippen molar-refractivity contribution in [2.45, 2.75) is 33.0 Å². The van der Waals surface area contributed by atoms with Gasteiger partial charge in [-0.3, -0.25) is 0 Å². The molecule has 1 rings (SSSR count). The van der Waals surface area contributed by atoms with Crippen LogP contribution in [0.4, 0.5) is 9.18 Å². The molecular weight excluding hydrogens is 329 g/mol. The van der Waals surface area contributed by atoms with E-state index in [0.29, 0.717) is 13.2 Å². The molecule has 0 aliphatic carbocycles. The average Bonchev–Trinajstić information content (AvgIpc) is 2.30. The predicted octanol–water partition coefficient (Wildman–Crippen LogP) is 3.63. The summed E-state index contributed by atoms with van der Waals surface area (Å²) in [6.07, 6.45) is -0.479. The zero-order chi connectivity index (χ0) is 15.2. The number of benzene rings is 1. The normalized spacial score (nSPS) is 11.2. The highest BCUT2D eigenvalue weighted by atomic mass is 79.9. The summed E-state index contributed by atoms with van der Waals surface area (Å²) in [6.45, 7) is 6.32. The number of nitrogens with one attached hydrogen (secondary N) is 1. The van der Waals surface area contributed by atoms with Gasteiger partial charge in [0, 0.05) is 11.0 Å². The van der Waals surface area contributed by atoms with Crippen LogP contribution >= 0.6 is 15.9 Å². The van der Waals surface area contributed by atoms with E-state index >= 15 is 0 Å². The van der Waals surface area contributed by atoms with Gasteiger partial charge < -0.3 is 14.8 Å². The lowest BCUT2D eigenvalue weighted by molar-refractivity contribution is 0.0493. The average molecular weight is 348 g/mol. The van der Waals surface area contributed by atoms with Gasteiger partial charge in [-0.2, -0.15) is 0 Å². The maximum absolute atomic E-state index is 13.0. The molecule has 1 amide bonds. The number of ether oxygens (including phenoxy) is 2. The molecule has 0 radical (unpaired) electrons. The van der Waals surface area contributed by atoms with Crippen molar-refractivity contribution < 1.29 is 18.7 Å². The molecule has 1 aromatic carbocycles. The van der Waals surface area contributed by atoms with Crippen molar-refractivity contribution in [3.05, 3.63) is 34.1 Å². The minimum Gasteiger partial charge on any atom is -0.444 e. The van der Waals surface area contributed by atoms with Gasteiger partial charge in [0.1, 0.15) is 11.4 Å². The van der Waals surface area contributed by atoms with Crippen LogP contribution < -0.4 is 5.32 Å². The number of carbonyl (C=O) groups excluding carboxylic acids is 1. The van der Waals surface area contributed by atoms with Crippen molar-refractivity contribution in [2.75, 3.05) is 13.2 Å². The first-order chi connectivity index (χ1) is 9.28. The Balaban J connectivity index is 2.22. The monoisotopic (exact) mass is 347 g/mol. The van der Waals surface area contributed by atoms with Crippen LogP contribution in [-0.4, -0.2) is 24.8 Å². The molecule has 0 unspecified atom stereocenters. The number of carbonyl (C=O) groups is 1. The van der Waals surface area contributed by atoms with Crippen molar-refractivity contribution in [2.24, 2.45) is 0 Å². The van der Waals surface area contributed by atoms with Gasteiger partial charge >= 0.3 is 6.09 Å². The molecule has 20 heavy (non-hydrogen) atoms. The number of rotatable bonds is 5. The van der Waals surface area contributed by atoms with Crippen LogP contribution in [-0.2, 0) is 16.1 Å². The molecule has 0 bridgehead atoms. The van der Waals surface area contributed by atoms with Gasteiger partial charge in [-0.15, -0.1) is 0 Å². The van der Waals surface area contributed by atoms with Gasteiger partial charge in [0.25, 0.3) is 0 Å². The minimum atomic E-state index is -0.516. The molecule has 6 heteroatoms. The van der Waals surface area contributed by atoms with E-state index in [2.05, 4.69) is 21.2 Å². The third-order valence-electron chi connectivity index (χ3n) is 2.18. The van der Waals surface area contributed by atoms with E-state index in [1.54, 1.807) is 26.8 Å². The van der Waals surface area contributed by atoms with Crippen LogP contribution in [0.1, 0.15) is 26.3 Å². The summed E-state index contributed by atoms with van der Waals surface area (Å²) in [5.74, 6) is -0.307. The lowest BCUT2D eigenvalue weighted by Gasteiger charge is -2.19. The zero-order valence-corrected chi connectivity index (χ0v) is 13.4. The van der Waals surface area contributed by atoms with E-state index in [0.717, 1.165) is 10.0 Å². The van der Waals surface area contributed by atoms with Gasteiger partial charge in [-0.05, 0) is 44.5 Å². The molecule has 4 nitrogen and oxygen atoms in total. The summed E-state index contributed by atoms with van der Waals surface area (Å²) in [6, 6.07) is 4.41. The molecule has 0 spiro atoms. The van der Waals surface area contributed by atoms with Gasteiger partial charge in [-0.1, -0.05) is 15.9 Å². The molecular formula is C14H19BrFNO3. The van der Waals surface area contributed by atoms with Crippen LogP contribution in [0.3, 0.4) is 0 Å². The molecule has 0 fully saturated rings. The van der Waals surface area contributed by atoms with Crippen LogP contribution in [0, 0.1) is 5.82 Å². The summed E-state index contributed by atoms with van der Waals surface area (Å²) < 4.78 is 24.3. The molecule has 112 valence electrons. The van der Waals surface area contributed by atoms with E-state index in [4.69, 9.17) is 9.47 Å². The Morgan fingerprint density at radius 2 is 2.10 bits per heavy atom. The highest BCUT2D eigenvalue weighted by Crippen LogP contribution is 2.18. The Morgan fingerprint density at radius 1 is 1.40 bits per heavy atom. The molecule has 0 aliphatic rings. The number of amides is 1. The lowest BCUT2D eigenvalue weighted by atomic mass is 10.2. The molecule has 0 saturated carbocycles. The number of halogens is 2. The Morgan fingerprint density at radius 3 is 2.75 bits per heavy atom. The minimum absolute atomic E-state index is 0.272. The number of hydrogen-bond acceptors (Lipinski definition) is 3. The fourth-order valence-electron chi connectivity index (χ4n) is 1.38. The Kier molecular flexibility index (Phi) is 6.42. The second-order valence-corrected chi connectivity index (χ2v) is 6.07. The third-order valence-corrected chi connectivity index (χ3v) is 2.95. The van der Waals surface area contributed by atoms with Crippen LogP contribution in [0.2, 0.25) is 0 Å². The molecule has 0 aromatic heterocycles. The first-order valence-electron chi connectivity index (χ1n) is 6.26. The standard InChI is InChI=1S/C14H19BrFNO3/c1-14(2,3)20-13(18)17-6-7-19-9-10-8-11(16)4-5-12(10)15/h4-5,8H,6-7,9H2,1-3H3,(H,17,18). The zero-order valence-electron chi connectivity index (χ0n) is 11.8. The van der Waals surface area contributed by atoms with Gasteiger partial charge in [-0.25, -0.2) is 9.18 Å². The largest absolute Gasteiger partial charge is 0.444 e. The Bertz CT molecular complexity index is 460. The lowest BCUT2D eigenvalue weighted by Crippen LogP contribution is -2.34. The Hall–Kier alpha value is -1.14. The van der Waals surface area contributed by atoms with Crippen molar-refractivity contribution in [3.8, 4) is 0 Å². The van der Waals surface area contributed by atoms with Crippen LogP contribution in [0.5, 0.6) is 0 Å². The van der Waals surface area contributed by atoms with E-state index in [9.17, 15) is 9.18 Å². The van der Waals surface area contributed by atoms with Crippen LogP contribution in [0.25, 0.3) is 0 Å². The summed E-state index contributed by atoms with van der Waals surface area (Å²) in [5, 5.41) is 2.58. The Labute approximate surface area is 126 Å². The van der Waals surface area contributed by atoms with E-state index in [-0.39, 0.29) is 12.4 Å². The molecule has 0 atom stereocenters. The third kappa shape index (κ3) is 6.86. The number of hydrogen-bond donors (Lipinski definition) is 1. The molecule has 0 heterocycles. The fraction of sp³-hybridized carbons (Fsp3) is 0.500. The van der Waals surface area contributed by atoms with Crippen molar-refractivity contribution in [1.82, 2.24) is 5.32 Å². The quantitative estimate of drug-likeness (QED) is 0.827. The summed E-state index contributed by atoms with van der Waals surface area (Å²) in [5.41, 5.74) is 0.208. The maximum atomic E-state index is 13.0.